The molecular weight excluding hydrogens is 430 g/mol. The first-order valence-electron chi connectivity index (χ1n) is 12.5. The fraction of sp³-hybridized carbons (Fsp3) is 0.188. The standard InChI is InChI=1S/C32H25NO2/c33-29-15-28-25-12-11-19-10-9-18-5-1-2-6-22(18)30(19)32(25)24-8-4-3-7-23(24)31(28)27(14-21-17-35-21)26(29)13-20-16-34-20/h1-12,15,20-21H,13-14,16-17,33H2. The minimum atomic E-state index is 0.286. The van der Waals surface area contributed by atoms with Gasteiger partial charge < -0.3 is 15.2 Å². The minimum absolute atomic E-state index is 0.286. The predicted octanol–water partition coefficient (Wildman–Crippen LogP) is 6.92. The molecule has 0 spiro atoms. The van der Waals surface area contributed by atoms with Gasteiger partial charge in [-0.1, -0.05) is 72.8 Å². The number of hydrogen-bond donors (Lipinski definition) is 1. The average molecular weight is 456 g/mol. The Hall–Kier alpha value is -3.66. The number of benzene rings is 6. The van der Waals surface area contributed by atoms with Crippen LogP contribution in [0.2, 0.25) is 0 Å². The van der Waals surface area contributed by atoms with Crippen molar-refractivity contribution in [1.82, 2.24) is 0 Å². The van der Waals surface area contributed by atoms with Crippen LogP contribution in [0.15, 0.2) is 78.9 Å². The van der Waals surface area contributed by atoms with Gasteiger partial charge in [-0.05, 0) is 71.1 Å². The summed E-state index contributed by atoms with van der Waals surface area (Å²) in [5.41, 5.74) is 10.3. The summed E-state index contributed by atoms with van der Waals surface area (Å²) < 4.78 is 11.3. The van der Waals surface area contributed by atoms with Gasteiger partial charge >= 0.3 is 0 Å². The molecule has 2 fully saturated rings. The molecule has 0 aliphatic carbocycles. The molecule has 0 amide bonds. The van der Waals surface area contributed by atoms with Crippen LogP contribution < -0.4 is 5.73 Å². The number of nitrogens with two attached hydrogens (primary N) is 1. The molecule has 0 aromatic heterocycles. The molecule has 3 heteroatoms. The van der Waals surface area contributed by atoms with E-state index in [4.69, 9.17) is 15.2 Å². The normalized spacial score (nSPS) is 19.3. The van der Waals surface area contributed by atoms with E-state index in [1.54, 1.807) is 0 Å². The van der Waals surface area contributed by atoms with Gasteiger partial charge in [0.1, 0.15) is 0 Å². The predicted molar refractivity (Wildman–Crippen MR) is 145 cm³/mol. The van der Waals surface area contributed by atoms with Crippen LogP contribution in [0, 0.1) is 0 Å². The number of anilines is 1. The third-order valence-corrected chi connectivity index (χ3v) is 7.92. The second-order valence-corrected chi connectivity index (χ2v) is 10.1. The number of hydrogen-bond acceptors (Lipinski definition) is 3. The first-order chi connectivity index (χ1) is 17.3. The third kappa shape index (κ3) is 2.99. The van der Waals surface area contributed by atoms with E-state index in [-0.39, 0.29) is 12.2 Å². The molecule has 170 valence electrons. The molecule has 2 saturated heterocycles. The molecule has 2 heterocycles. The molecule has 6 aromatic rings. The Labute approximate surface area is 203 Å². The zero-order chi connectivity index (χ0) is 23.1. The number of nitrogen functional groups attached to an aromatic ring is 1. The Balaban J connectivity index is 1.61. The third-order valence-electron chi connectivity index (χ3n) is 7.92. The lowest BCUT2D eigenvalue weighted by molar-refractivity contribution is 0.402. The molecule has 3 nitrogen and oxygen atoms in total. The van der Waals surface area contributed by atoms with Crippen LogP contribution >= 0.6 is 0 Å². The van der Waals surface area contributed by atoms with E-state index in [2.05, 4.69) is 78.9 Å². The summed E-state index contributed by atoms with van der Waals surface area (Å²) in [7, 11) is 0. The molecule has 2 aliphatic heterocycles. The van der Waals surface area contributed by atoms with Crippen LogP contribution in [0.1, 0.15) is 11.1 Å². The summed E-state index contributed by atoms with van der Waals surface area (Å²) >= 11 is 0. The monoisotopic (exact) mass is 455 g/mol. The van der Waals surface area contributed by atoms with Gasteiger partial charge in [-0.3, -0.25) is 0 Å². The van der Waals surface area contributed by atoms with Crippen LogP contribution in [0.4, 0.5) is 5.69 Å². The summed E-state index contributed by atoms with van der Waals surface area (Å²) in [6, 6.07) is 28.9. The van der Waals surface area contributed by atoms with E-state index in [9.17, 15) is 0 Å². The summed E-state index contributed by atoms with van der Waals surface area (Å²) in [6.07, 6.45) is 2.35. The maximum absolute atomic E-state index is 6.80. The van der Waals surface area contributed by atoms with E-state index < -0.39 is 0 Å². The highest BCUT2D eigenvalue weighted by Gasteiger charge is 2.30. The molecule has 0 saturated carbocycles. The highest BCUT2D eigenvalue weighted by Crippen LogP contribution is 2.45. The van der Waals surface area contributed by atoms with Gasteiger partial charge in [0.2, 0.25) is 0 Å². The van der Waals surface area contributed by atoms with Crippen molar-refractivity contribution in [1.29, 1.82) is 0 Å². The molecule has 2 N–H and O–H groups in total. The summed E-state index contributed by atoms with van der Waals surface area (Å²) in [4.78, 5) is 0. The van der Waals surface area contributed by atoms with Crippen LogP contribution in [0.3, 0.4) is 0 Å². The van der Waals surface area contributed by atoms with Gasteiger partial charge in [-0.2, -0.15) is 0 Å². The van der Waals surface area contributed by atoms with Gasteiger partial charge in [-0.25, -0.2) is 0 Å². The molecular formula is C32H25NO2. The smallest absolute Gasteiger partial charge is 0.0851 e. The SMILES string of the molecule is Nc1cc2c3ccc4ccc5ccccc5c4c3c3ccccc3c2c(CC2CO2)c1CC1CO1. The summed E-state index contributed by atoms with van der Waals surface area (Å²) in [5, 5.41) is 12.9. The van der Waals surface area contributed by atoms with Crippen molar-refractivity contribution in [3.8, 4) is 0 Å². The summed E-state index contributed by atoms with van der Waals surface area (Å²) in [6.45, 7) is 1.66. The molecule has 2 atom stereocenters. The lowest BCUT2D eigenvalue weighted by Crippen LogP contribution is -2.08. The van der Waals surface area contributed by atoms with Gasteiger partial charge in [0.25, 0.3) is 0 Å². The topological polar surface area (TPSA) is 51.1 Å². The fourth-order valence-electron chi connectivity index (χ4n) is 6.14. The van der Waals surface area contributed by atoms with Crippen LogP contribution in [0.5, 0.6) is 0 Å². The van der Waals surface area contributed by atoms with Crippen molar-refractivity contribution < 1.29 is 9.47 Å². The Morgan fingerprint density at radius 3 is 1.89 bits per heavy atom. The maximum Gasteiger partial charge on any atom is 0.0851 e. The zero-order valence-corrected chi connectivity index (χ0v) is 19.4. The van der Waals surface area contributed by atoms with Crippen molar-refractivity contribution >= 4 is 59.5 Å². The van der Waals surface area contributed by atoms with Gasteiger partial charge in [0.05, 0.1) is 25.4 Å². The van der Waals surface area contributed by atoms with Crippen LogP contribution in [-0.4, -0.2) is 25.4 Å². The van der Waals surface area contributed by atoms with E-state index in [1.165, 1.54) is 65.0 Å². The largest absolute Gasteiger partial charge is 0.398 e. The lowest BCUT2D eigenvalue weighted by Gasteiger charge is -2.20. The highest BCUT2D eigenvalue weighted by molar-refractivity contribution is 6.35. The molecule has 6 aromatic carbocycles. The quantitative estimate of drug-likeness (QED) is 0.178. The van der Waals surface area contributed by atoms with Crippen molar-refractivity contribution in [2.75, 3.05) is 18.9 Å². The van der Waals surface area contributed by atoms with E-state index >= 15 is 0 Å². The summed E-state index contributed by atoms with van der Waals surface area (Å²) in [5.74, 6) is 0. The Bertz CT molecular complexity index is 1830. The van der Waals surface area contributed by atoms with Gasteiger partial charge in [0.15, 0.2) is 0 Å². The average Bonchev–Trinajstić information content (AvgIpc) is 3.82. The Kier molecular flexibility index (Phi) is 4.02. The lowest BCUT2D eigenvalue weighted by atomic mass is 9.84. The van der Waals surface area contributed by atoms with Crippen LogP contribution in [-0.2, 0) is 22.3 Å². The number of ether oxygens (including phenoxy) is 2. The highest BCUT2D eigenvalue weighted by atomic mass is 16.6. The first kappa shape index (κ1) is 19.6. The first-order valence-corrected chi connectivity index (χ1v) is 12.5. The molecule has 0 radical (unpaired) electrons. The van der Waals surface area contributed by atoms with Crippen molar-refractivity contribution in [3.05, 3.63) is 90.0 Å². The van der Waals surface area contributed by atoms with Gasteiger partial charge in [0, 0.05) is 18.5 Å². The molecule has 35 heavy (non-hydrogen) atoms. The zero-order valence-electron chi connectivity index (χ0n) is 19.4. The number of fused-ring (bicyclic) bond motifs is 10. The van der Waals surface area contributed by atoms with E-state index in [0.717, 1.165) is 31.7 Å². The van der Waals surface area contributed by atoms with Crippen molar-refractivity contribution in [2.24, 2.45) is 0 Å². The van der Waals surface area contributed by atoms with E-state index in [0.29, 0.717) is 0 Å². The fourth-order valence-corrected chi connectivity index (χ4v) is 6.14. The molecule has 8 rings (SSSR count). The Morgan fingerprint density at radius 2 is 1.14 bits per heavy atom. The minimum Gasteiger partial charge on any atom is -0.398 e. The van der Waals surface area contributed by atoms with Crippen molar-refractivity contribution in [3.63, 3.8) is 0 Å². The van der Waals surface area contributed by atoms with Crippen LogP contribution in [0.25, 0.3) is 53.9 Å². The van der Waals surface area contributed by atoms with Gasteiger partial charge in [-0.15, -0.1) is 0 Å². The van der Waals surface area contributed by atoms with Crippen molar-refractivity contribution in [2.45, 2.75) is 25.0 Å². The molecule has 2 unspecified atom stereocenters. The molecule has 2 aliphatic rings. The van der Waals surface area contributed by atoms with E-state index in [1.807, 2.05) is 0 Å². The second-order valence-electron chi connectivity index (χ2n) is 10.1. The number of epoxide rings is 2. The molecule has 0 bridgehead atoms. The second kappa shape index (κ2) is 7.17. The Morgan fingerprint density at radius 1 is 0.571 bits per heavy atom. The number of rotatable bonds is 4. The maximum atomic E-state index is 6.80.